The van der Waals surface area contributed by atoms with Gasteiger partial charge in [0.25, 0.3) is 0 Å². The third-order valence-corrected chi connectivity index (χ3v) is 3.89. The normalized spacial score (nSPS) is 30.1. The molecular weight excluding hydrogens is 235 g/mol. The minimum absolute atomic E-state index is 0.271. The lowest BCUT2D eigenvalue weighted by molar-refractivity contribution is -0.104. The molecule has 0 amide bonds. The second-order valence-electron chi connectivity index (χ2n) is 5.00. The van der Waals surface area contributed by atoms with Gasteiger partial charge in [-0.05, 0) is 25.5 Å². The van der Waals surface area contributed by atoms with Crippen molar-refractivity contribution in [1.82, 2.24) is 9.88 Å². The van der Waals surface area contributed by atoms with E-state index < -0.39 is 11.9 Å². The Bertz CT molecular complexity index is 429. The van der Waals surface area contributed by atoms with Gasteiger partial charge in [0.05, 0.1) is 12.8 Å². The van der Waals surface area contributed by atoms with Crippen LogP contribution in [0.2, 0.25) is 0 Å². The molecule has 3 unspecified atom stereocenters. The molecule has 5 heteroatoms. The van der Waals surface area contributed by atoms with Crippen molar-refractivity contribution in [1.29, 1.82) is 0 Å². The molecule has 2 saturated heterocycles. The molecule has 18 heavy (non-hydrogen) atoms. The van der Waals surface area contributed by atoms with Crippen molar-refractivity contribution in [3.8, 4) is 0 Å². The molecule has 0 aliphatic carbocycles. The maximum atomic E-state index is 13.6. The fourth-order valence-corrected chi connectivity index (χ4v) is 2.86. The van der Waals surface area contributed by atoms with Crippen LogP contribution in [0.1, 0.15) is 24.5 Å². The fourth-order valence-electron chi connectivity index (χ4n) is 2.86. The van der Waals surface area contributed by atoms with Crippen LogP contribution in [0.15, 0.2) is 18.5 Å². The monoisotopic (exact) mass is 252 g/mol. The van der Waals surface area contributed by atoms with E-state index in [9.17, 15) is 9.50 Å². The summed E-state index contributed by atoms with van der Waals surface area (Å²) < 4.78 is 19.3. The highest BCUT2D eigenvalue weighted by Gasteiger charge is 2.36. The number of halogens is 1. The zero-order valence-electron chi connectivity index (χ0n) is 10.1. The predicted molar refractivity (Wildman–Crippen MR) is 63.5 cm³/mol. The SMILES string of the molecule is OC(c1ccncc1F)C1CN2CCCC2CO1. The van der Waals surface area contributed by atoms with E-state index >= 15 is 0 Å². The Morgan fingerprint density at radius 2 is 2.44 bits per heavy atom. The van der Waals surface area contributed by atoms with Gasteiger partial charge in [0.2, 0.25) is 0 Å². The topological polar surface area (TPSA) is 45.6 Å². The number of hydrogen-bond acceptors (Lipinski definition) is 4. The standard InChI is InChI=1S/C13H17FN2O2/c14-11-6-15-4-3-10(11)13(17)12-7-16-5-1-2-9(16)8-18-12/h3-4,6,9,12-13,17H,1-2,5,7-8H2. The summed E-state index contributed by atoms with van der Waals surface area (Å²) >= 11 is 0. The molecule has 2 fully saturated rings. The number of aromatic nitrogens is 1. The number of rotatable bonds is 2. The number of pyridine rings is 1. The molecule has 3 atom stereocenters. The van der Waals surface area contributed by atoms with E-state index in [0.717, 1.165) is 19.2 Å². The Hall–Kier alpha value is -1.04. The molecule has 0 bridgehead atoms. The van der Waals surface area contributed by atoms with Gasteiger partial charge in [-0.1, -0.05) is 0 Å². The average molecular weight is 252 g/mol. The first kappa shape index (κ1) is 12.0. The quantitative estimate of drug-likeness (QED) is 0.856. The summed E-state index contributed by atoms with van der Waals surface area (Å²) in [4.78, 5) is 6.02. The first-order valence-electron chi connectivity index (χ1n) is 6.39. The van der Waals surface area contributed by atoms with Crippen LogP contribution >= 0.6 is 0 Å². The Morgan fingerprint density at radius 1 is 1.56 bits per heavy atom. The third-order valence-electron chi connectivity index (χ3n) is 3.89. The van der Waals surface area contributed by atoms with Crippen LogP contribution in [0.3, 0.4) is 0 Å². The smallest absolute Gasteiger partial charge is 0.147 e. The van der Waals surface area contributed by atoms with E-state index in [1.54, 1.807) is 0 Å². The minimum Gasteiger partial charge on any atom is -0.386 e. The lowest BCUT2D eigenvalue weighted by Crippen LogP contribution is -2.48. The maximum absolute atomic E-state index is 13.6. The highest BCUT2D eigenvalue weighted by Crippen LogP contribution is 2.29. The molecular formula is C13H17FN2O2. The molecule has 0 aromatic carbocycles. The van der Waals surface area contributed by atoms with E-state index in [0.29, 0.717) is 19.2 Å². The molecule has 0 spiro atoms. The van der Waals surface area contributed by atoms with Crippen molar-refractivity contribution >= 4 is 0 Å². The Labute approximate surface area is 105 Å². The van der Waals surface area contributed by atoms with Gasteiger partial charge in [-0.15, -0.1) is 0 Å². The van der Waals surface area contributed by atoms with Crippen LogP contribution in [0.5, 0.6) is 0 Å². The van der Waals surface area contributed by atoms with Gasteiger partial charge in [-0.2, -0.15) is 0 Å². The van der Waals surface area contributed by atoms with Crippen LogP contribution in [0.25, 0.3) is 0 Å². The summed E-state index contributed by atoms with van der Waals surface area (Å²) in [5, 5.41) is 10.2. The number of hydrogen-bond donors (Lipinski definition) is 1. The van der Waals surface area contributed by atoms with Gasteiger partial charge in [0, 0.05) is 24.3 Å². The van der Waals surface area contributed by atoms with Gasteiger partial charge in [0.15, 0.2) is 0 Å². The summed E-state index contributed by atoms with van der Waals surface area (Å²) in [6, 6.07) is 2.00. The van der Waals surface area contributed by atoms with E-state index in [1.807, 2.05) is 0 Å². The van der Waals surface area contributed by atoms with Crippen LogP contribution in [0, 0.1) is 5.82 Å². The number of ether oxygens (including phenoxy) is 1. The van der Waals surface area contributed by atoms with Gasteiger partial charge in [-0.3, -0.25) is 9.88 Å². The van der Waals surface area contributed by atoms with Crippen LogP contribution in [-0.2, 0) is 4.74 Å². The highest BCUT2D eigenvalue weighted by atomic mass is 19.1. The van der Waals surface area contributed by atoms with Crippen molar-refractivity contribution < 1.29 is 14.2 Å². The summed E-state index contributed by atoms with van der Waals surface area (Å²) in [6.45, 7) is 2.36. The molecule has 0 radical (unpaired) electrons. The zero-order valence-corrected chi connectivity index (χ0v) is 10.1. The molecule has 1 N–H and O–H groups in total. The number of morpholine rings is 1. The van der Waals surface area contributed by atoms with Gasteiger partial charge < -0.3 is 9.84 Å². The van der Waals surface area contributed by atoms with Crippen molar-refractivity contribution in [2.24, 2.45) is 0 Å². The van der Waals surface area contributed by atoms with Crippen molar-refractivity contribution in [2.45, 2.75) is 31.1 Å². The van der Waals surface area contributed by atoms with Crippen molar-refractivity contribution in [2.75, 3.05) is 19.7 Å². The fraction of sp³-hybridized carbons (Fsp3) is 0.615. The van der Waals surface area contributed by atoms with Crippen molar-refractivity contribution in [3.05, 3.63) is 29.8 Å². The zero-order chi connectivity index (χ0) is 12.5. The lowest BCUT2D eigenvalue weighted by atomic mass is 10.0. The molecule has 3 rings (SSSR count). The molecule has 0 saturated carbocycles. The summed E-state index contributed by atoms with van der Waals surface area (Å²) in [5.74, 6) is -0.475. The third kappa shape index (κ3) is 2.13. The van der Waals surface area contributed by atoms with Crippen LogP contribution in [-0.4, -0.2) is 46.8 Å². The first-order chi connectivity index (χ1) is 8.75. The van der Waals surface area contributed by atoms with E-state index in [-0.39, 0.29) is 11.7 Å². The number of aliphatic hydroxyl groups excluding tert-OH is 1. The Morgan fingerprint density at radius 3 is 3.28 bits per heavy atom. The maximum Gasteiger partial charge on any atom is 0.147 e. The largest absolute Gasteiger partial charge is 0.386 e. The van der Waals surface area contributed by atoms with Crippen molar-refractivity contribution in [3.63, 3.8) is 0 Å². The summed E-state index contributed by atoms with van der Waals surface area (Å²) in [7, 11) is 0. The minimum atomic E-state index is -0.922. The van der Waals surface area contributed by atoms with Gasteiger partial charge in [-0.25, -0.2) is 4.39 Å². The Balaban J connectivity index is 1.73. The highest BCUT2D eigenvalue weighted by molar-refractivity contribution is 5.17. The lowest BCUT2D eigenvalue weighted by Gasteiger charge is -2.37. The molecule has 3 heterocycles. The molecule has 98 valence electrons. The number of fused-ring (bicyclic) bond motifs is 1. The molecule has 1 aromatic rings. The van der Waals surface area contributed by atoms with Crippen LogP contribution in [0.4, 0.5) is 4.39 Å². The average Bonchev–Trinajstić information content (AvgIpc) is 2.85. The van der Waals surface area contributed by atoms with Gasteiger partial charge >= 0.3 is 0 Å². The molecule has 4 nitrogen and oxygen atoms in total. The van der Waals surface area contributed by atoms with E-state index in [4.69, 9.17) is 4.74 Å². The predicted octanol–water partition coefficient (Wildman–Crippen LogP) is 1.12. The van der Waals surface area contributed by atoms with E-state index in [2.05, 4.69) is 9.88 Å². The van der Waals surface area contributed by atoms with Crippen LogP contribution < -0.4 is 0 Å². The number of nitrogens with zero attached hydrogens (tertiary/aromatic N) is 2. The second-order valence-corrected chi connectivity index (χ2v) is 5.00. The summed E-state index contributed by atoms with van der Waals surface area (Å²) in [5.41, 5.74) is 0.271. The van der Waals surface area contributed by atoms with E-state index in [1.165, 1.54) is 18.7 Å². The molecule has 1 aromatic heterocycles. The molecule has 2 aliphatic heterocycles. The second kappa shape index (κ2) is 4.91. The molecule has 2 aliphatic rings. The van der Waals surface area contributed by atoms with Gasteiger partial charge in [0.1, 0.15) is 18.0 Å². The summed E-state index contributed by atoms with van der Waals surface area (Å²) in [6.07, 6.45) is 3.68. The Kier molecular flexibility index (Phi) is 3.28. The number of aliphatic hydroxyl groups is 1. The first-order valence-corrected chi connectivity index (χ1v) is 6.39.